The van der Waals surface area contributed by atoms with Crippen LogP contribution < -0.4 is 5.32 Å². The van der Waals surface area contributed by atoms with Crippen LogP contribution in [0.15, 0.2) is 36.5 Å². The lowest BCUT2D eigenvalue weighted by atomic mass is 10.2. The molecule has 0 spiro atoms. The van der Waals surface area contributed by atoms with Crippen molar-refractivity contribution in [2.45, 2.75) is 6.54 Å². The molecular weight excluding hydrogens is 299 g/mol. The highest BCUT2D eigenvalue weighted by atomic mass is 35.5. The lowest BCUT2D eigenvalue weighted by Gasteiger charge is -2.08. The largest absolute Gasteiger partial charge is 0.465 e. The predicted octanol–water partition coefficient (Wildman–Crippen LogP) is 3.79. The van der Waals surface area contributed by atoms with Gasteiger partial charge in [-0.05, 0) is 30.3 Å². The monoisotopic (exact) mass is 310 g/mol. The molecule has 2 rings (SSSR count). The number of benzene rings is 1. The van der Waals surface area contributed by atoms with Crippen LogP contribution in [0.25, 0.3) is 0 Å². The summed E-state index contributed by atoms with van der Waals surface area (Å²) in [6.07, 6.45) is 1.47. The SMILES string of the molecule is COC(=O)c1ccc(CNc2cc(Cl)ccc2Cl)nc1. The maximum absolute atomic E-state index is 11.3. The minimum absolute atomic E-state index is 0.408. The third kappa shape index (κ3) is 3.62. The fourth-order valence-electron chi connectivity index (χ4n) is 1.59. The van der Waals surface area contributed by atoms with E-state index in [0.717, 1.165) is 11.4 Å². The molecule has 2 aromatic rings. The van der Waals surface area contributed by atoms with Crippen molar-refractivity contribution in [1.82, 2.24) is 4.98 Å². The van der Waals surface area contributed by atoms with E-state index < -0.39 is 5.97 Å². The number of halogens is 2. The van der Waals surface area contributed by atoms with Gasteiger partial charge in [-0.1, -0.05) is 23.2 Å². The number of ether oxygens (including phenoxy) is 1. The van der Waals surface area contributed by atoms with Crippen LogP contribution in [0.4, 0.5) is 5.69 Å². The van der Waals surface area contributed by atoms with E-state index in [1.54, 1.807) is 30.3 Å². The quantitative estimate of drug-likeness (QED) is 0.873. The zero-order valence-corrected chi connectivity index (χ0v) is 12.2. The molecule has 1 aromatic carbocycles. The number of carbonyl (C=O) groups excluding carboxylic acids is 1. The number of hydrogen-bond acceptors (Lipinski definition) is 4. The number of pyridine rings is 1. The van der Waals surface area contributed by atoms with Crippen molar-refractivity contribution < 1.29 is 9.53 Å². The van der Waals surface area contributed by atoms with Crippen molar-refractivity contribution in [2.75, 3.05) is 12.4 Å². The van der Waals surface area contributed by atoms with Crippen molar-refractivity contribution in [3.8, 4) is 0 Å². The van der Waals surface area contributed by atoms with Crippen molar-refractivity contribution in [1.29, 1.82) is 0 Å². The predicted molar refractivity (Wildman–Crippen MR) is 79.4 cm³/mol. The van der Waals surface area contributed by atoms with Gasteiger partial charge in [0.25, 0.3) is 0 Å². The fourth-order valence-corrected chi connectivity index (χ4v) is 1.94. The van der Waals surface area contributed by atoms with Gasteiger partial charge in [-0.15, -0.1) is 0 Å². The van der Waals surface area contributed by atoms with E-state index in [-0.39, 0.29) is 0 Å². The van der Waals surface area contributed by atoms with Crippen LogP contribution in [0.3, 0.4) is 0 Å². The van der Waals surface area contributed by atoms with Crippen molar-refractivity contribution in [2.24, 2.45) is 0 Å². The molecule has 1 N–H and O–H groups in total. The van der Waals surface area contributed by atoms with Crippen molar-refractivity contribution in [3.63, 3.8) is 0 Å². The first-order valence-electron chi connectivity index (χ1n) is 5.82. The Kier molecular flexibility index (Phi) is 4.82. The second-order valence-electron chi connectivity index (χ2n) is 4.01. The first-order chi connectivity index (χ1) is 9.60. The van der Waals surface area contributed by atoms with Gasteiger partial charge in [-0.2, -0.15) is 0 Å². The van der Waals surface area contributed by atoms with E-state index in [1.807, 2.05) is 0 Å². The molecule has 0 amide bonds. The number of nitrogens with zero attached hydrogens (tertiary/aromatic N) is 1. The summed E-state index contributed by atoms with van der Waals surface area (Å²) in [5.74, 6) is -0.408. The molecule has 0 aliphatic carbocycles. The van der Waals surface area contributed by atoms with E-state index in [4.69, 9.17) is 23.2 Å². The minimum atomic E-state index is -0.408. The van der Waals surface area contributed by atoms with Gasteiger partial charge in [0.1, 0.15) is 0 Å². The molecule has 1 aromatic heterocycles. The van der Waals surface area contributed by atoms with E-state index >= 15 is 0 Å². The Labute approximate surface area is 126 Å². The summed E-state index contributed by atoms with van der Waals surface area (Å²) in [7, 11) is 1.33. The zero-order valence-electron chi connectivity index (χ0n) is 10.7. The van der Waals surface area contributed by atoms with E-state index in [1.165, 1.54) is 13.3 Å². The van der Waals surface area contributed by atoms with E-state index in [9.17, 15) is 4.79 Å². The summed E-state index contributed by atoms with van der Waals surface area (Å²) in [5.41, 5.74) is 1.92. The second-order valence-corrected chi connectivity index (χ2v) is 4.85. The standard InChI is InChI=1S/C14H12Cl2N2O2/c1-20-14(19)9-2-4-11(17-7-9)8-18-13-6-10(15)3-5-12(13)16/h2-7,18H,8H2,1H3. The zero-order chi connectivity index (χ0) is 14.5. The molecule has 6 heteroatoms. The third-order valence-electron chi connectivity index (χ3n) is 2.63. The summed E-state index contributed by atoms with van der Waals surface area (Å²) in [5, 5.41) is 4.32. The smallest absolute Gasteiger partial charge is 0.339 e. The second kappa shape index (κ2) is 6.59. The number of aromatic nitrogens is 1. The van der Waals surface area contributed by atoms with Crippen LogP contribution in [-0.2, 0) is 11.3 Å². The Hall–Kier alpha value is -1.78. The number of esters is 1. The Balaban J connectivity index is 2.04. The molecule has 20 heavy (non-hydrogen) atoms. The maximum atomic E-state index is 11.3. The molecule has 0 unspecified atom stereocenters. The first-order valence-corrected chi connectivity index (χ1v) is 6.58. The molecule has 0 saturated heterocycles. The van der Waals surface area contributed by atoms with Gasteiger partial charge in [0.2, 0.25) is 0 Å². The van der Waals surface area contributed by atoms with Crippen molar-refractivity contribution >= 4 is 34.9 Å². The summed E-state index contributed by atoms with van der Waals surface area (Å²) >= 11 is 11.9. The van der Waals surface area contributed by atoms with Gasteiger partial charge < -0.3 is 10.1 Å². The summed E-state index contributed by atoms with van der Waals surface area (Å²) < 4.78 is 4.61. The minimum Gasteiger partial charge on any atom is -0.465 e. The first kappa shape index (κ1) is 14.6. The van der Waals surface area contributed by atoms with Gasteiger partial charge in [0.15, 0.2) is 0 Å². The summed E-state index contributed by atoms with van der Waals surface area (Å²) in [6, 6.07) is 8.60. The normalized spacial score (nSPS) is 10.2. The molecule has 4 nitrogen and oxygen atoms in total. The molecule has 0 fully saturated rings. The molecule has 0 saturated carbocycles. The van der Waals surface area contributed by atoms with Gasteiger partial charge in [-0.25, -0.2) is 4.79 Å². The summed E-state index contributed by atoms with van der Waals surface area (Å²) in [6.45, 7) is 0.474. The number of hydrogen-bond donors (Lipinski definition) is 1. The number of rotatable bonds is 4. The van der Waals surface area contributed by atoms with Crippen LogP contribution in [-0.4, -0.2) is 18.1 Å². The van der Waals surface area contributed by atoms with Crippen LogP contribution in [0, 0.1) is 0 Å². The highest BCUT2D eigenvalue weighted by Crippen LogP contribution is 2.25. The number of nitrogens with one attached hydrogen (secondary N) is 1. The number of methoxy groups -OCH3 is 1. The molecule has 0 aliphatic heterocycles. The van der Waals surface area contributed by atoms with Crippen LogP contribution >= 0.6 is 23.2 Å². The van der Waals surface area contributed by atoms with Gasteiger partial charge in [-0.3, -0.25) is 4.98 Å². The molecule has 0 radical (unpaired) electrons. The highest BCUT2D eigenvalue weighted by Gasteiger charge is 2.06. The summed E-state index contributed by atoms with van der Waals surface area (Å²) in [4.78, 5) is 15.5. The van der Waals surface area contributed by atoms with E-state index in [2.05, 4.69) is 15.0 Å². The number of carbonyl (C=O) groups is 1. The molecule has 104 valence electrons. The van der Waals surface area contributed by atoms with Gasteiger partial charge in [0.05, 0.1) is 35.6 Å². The topological polar surface area (TPSA) is 51.2 Å². The van der Waals surface area contributed by atoms with Crippen LogP contribution in [0.1, 0.15) is 16.1 Å². The van der Waals surface area contributed by atoms with Crippen molar-refractivity contribution in [3.05, 3.63) is 57.8 Å². The molecular formula is C14H12Cl2N2O2. The average molecular weight is 311 g/mol. The maximum Gasteiger partial charge on any atom is 0.339 e. The fraction of sp³-hybridized carbons (Fsp3) is 0.143. The lowest BCUT2D eigenvalue weighted by molar-refractivity contribution is 0.0600. The van der Waals surface area contributed by atoms with Crippen LogP contribution in [0.2, 0.25) is 10.0 Å². The van der Waals surface area contributed by atoms with E-state index in [0.29, 0.717) is 22.2 Å². The Morgan fingerprint density at radius 1 is 1.30 bits per heavy atom. The molecule has 0 atom stereocenters. The third-order valence-corrected chi connectivity index (χ3v) is 3.20. The lowest BCUT2D eigenvalue weighted by Crippen LogP contribution is -2.05. The van der Waals surface area contributed by atoms with Crippen LogP contribution in [0.5, 0.6) is 0 Å². The molecule has 0 aliphatic rings. The average Bonchev–Trinajstić information content (AvgIpc) is 2.48. The Morgan fingerprint density at radius 3 is 2.75 bits per heavy atom. The van der Waals surface area contributed by atoms with Gasteiger partial charge >= 0.3 is 5.97 Å². The highest BCUT2D eigenvalue weighted by molar-refractivity contribution is 6.35. The number of anilines is 1. The molecule has 1 heterocycles. The molecule has 0 bridgehead atoms. The Morgan fingerprint density at radius 2 is 2.10 bits per heavy atom. The Bertz CT molecular complexity index is 615. The van der Waals surface area contributed by atoms with Gasteiger partial charge in [0, 0.05) is 11.2 Å².